The van der Waals surface area contributed by atoms with Crippen molar-refractivity contribution in [1.29, 1.82) is 0 Å². The Morgan fingerprint density at radius 2 is 2.03 bits per heavy atom. The van der Waals surface area contributed by atoms with Gasteiger partial charge in [-0.25, -0.2) is 14.8 Å². The number of likely N-dealkylation sites (tertiary alicyclic amines) is 1. The van der Waals surface area contributed by atoms with Crippen molar-refractivity contribution in [2.45, 2.75) is 51.3 Å². The summed E-state index contributed by atoms with van der Waals surface area (Å²) in [6.45, 7) is 4.48. The van der Waals surface area contributed by atoms with Crippen LogP contribution in [-0.2, 0) is 19.5 Å². The van der Waals surface area contributed by atoms with E-state index in [2.05, 4.69) is 26.9 Å². The lowest BCUT2D eigenvalue weighted by Crippen LogP contribution is -2.47. The Kier molecular flexibility index (Phi) is 5.89. The Hall–Kier alpha value is -2.36. The average Bonchev–Trinajstić information content (AvgIpc) is 3.36. The normalized spacial score (nSPS) is 16.9. The van der Waals surface area contributed by atoms with Crippen molar-refractivity contribution in [3.8, 4) is 10.8 Å². The molecule has 1 aliphatic rings. The van der Waals surface area contributed by atoms with Gasteiger partial charge in [0, 0.05) is 44.0 Å². The van der Waals surface area contributed by atoms with Gasteiger partial charge in [-0.15, -0.1) is 16.4 Å². The van der Waals surface area contributed by atoms with Gasteiger partial charge in [-0.2, -0.15) is 4.68 Å². The Labute approximate surface area is 172 Å². The van der Waals surface area contributed by atoms with Gasteiger partial charge in [0.05, 0.1) is 17.0 Å². The third-order valence-corrected chi connectivity index (χ3v) is 6.07. The molecule has 3 aromatic heterocycles. The number of aryl methyl sites for hydroxylation is 1. The first-order chi connectivity index (χ1) is 14.0. The van der Waals surface area contributed by atoms with Crippen molar-refractivity contribution >= 4 is 11.3 Å². The predicted octanol–water partition coefficient (Wildman–Crippen LogP) is 2.33. The third-order valence-electron chi connectivity index (χ3n) is 5.21. The van der Waals surface area contributed by atoms with Crippen molar-refractivity contribution < 1.29 is 9.52 Å². The first kappa shape index (κ1) is 19.9. The molecule has 0 amide bonds. The highest BCUT2D eigenvalue weighted by Gasteiger charge is 2.34. The molecule has 1 saturated heterocycles. The van der Waals surface area contributed by atoms with E-state index in [0.29, 0.717) is 18.7 Å². The van der Waals surface area contributed by atoms with E-state index in [4.69, 9.17) is 4.42 Å². The van der Waals surface area contributed by atoms with Gasteiger partial charge in [0.25, 0.3) is 5.89 Å². The lowest BCUT2D eigenvalue weighted by atomic mass is 9.91. The molecule has 0 unspecified atom stereocenters. The minimum absolute atomic E-state index is 0.142. The Morgan fingerprint density at radius 3 is 2.69 bits per heavy atom. The summed E-state index contributed by atoms with van der Waals surface area (Å²) in [5.74, 6) is 0.648. The molecular weight excluding hydrogens is 390 g/mol. The van der Waals surface area contributed by atoms with Crippen LogP contribution in [0.2, 0.25) is 0 Å². The minimum Gasteiger partial charge on any atom is -0.388 e. The van der Waals surface area contributed by atoms with E-state index in [1.54, 1.807) is 0 Å². The third kappa shape index (κ3) is 4.80. The molecule has 0 aromatic carbocycles. The first-order valence-electron chi connectivity index (χ1n) is 9.91. The number of rotatable bonds is 7. The summed E-state index contributed by atoms with van der Waals surface area (Å²) in [7, 11) is 0. The maximum absolute atomic E-state index is 12.1. The smallest absolute Gasteiger partial charge is 0.388 e. The number of nitrogens with zero attached hydrogens (tertiary/aromatic N) is 5. The Morgan fingerprint density at radius 1 is 1.28 bits per heavy atom. The summed E-state index contributed by atoms with van der Waals surface area (Å²) in [5.41, 5.74) is 0.106. The fourth-order valence-electron chi connectivity index (χ4n) is 3.54. The number of thiophene rings is 1. The van der Waals surface area contributed by atoms with E-state index < -0.39 is 11.4 Å². The molecule has 3 aromatic rings. The maximum atomic E-state index is 12.1. The molecule has 0 radical (unpaired) electrons. The lowest BCUT2D eigenvalue weighted by Gasteiger charge is -2.37. The quantitative estimate of drug-likeness (QED) is 0.632. The molecule has 0 saturated carbocycles. The molecule has 0 atom stereocenters. The second kappa shape index (κ2) is 8.56. The molecule has 4 rings (SSSR count). The summed E-state index contributed by atoms with van der Waals surface area (Å²) in [5, 5.41) is 17.1. The van der Waals surface area contributed by atoms with Gasteiger partial charge >= 0.3 is 5.76 Å². The molecule has 1 N–H and O–H groups in total. The summed E-state index contributed by atoms with van der Waals surface area (Å²) < 4.78 is 6.48. The van der Waals surface area contributed by atoms with Gasteiger partial charge in [0.1, 0.15) is 5.82 Å². The van der Waals surface area contributed by atoms with Crippen LogP contribution in [0.5, 0.6) is 0 Å². The summed E-state index contributed by atoms with van der Waals surface area (Å²) in [6, 6.07) is 3.73. The summed E-state index contributed by atoms with van der Waals surface area (Å²) in [4.78, 5) is 24.0. The van der Waals surface area contributed by atoms with Crippen molar-refractivity contribution in [3.05, 3.63) is 51.8 Å². The zero-order valence-electron chi connectivity index (χ0n) is 16.5. The van der Waals surface area contributed by atoms with Crippen LogP contribution < -0.4 is 5.76 Å². The number of aromatic nitrogens is 4. The zero-order chi connectivity index (χ0) is 20.3. The van der Waals surface area contributed by atoms with Gasteiger partial charge in [-0.3, -0.25) is 4.90 Å². The molecule has 0 bridgehead atoms. The molecule has 0 spiro atoms. The lowest BCUT2D eigenvalue weighted by molar-refractivity contribution is -0.0392. The number of piperidine rings is 1. The van der Waals surface area contributed by atoms with Crippen molar-refractivity contribution in [1.82, 2.24) is 24.6 Å². The fraction of sp³-hybridized carbons (Fsp3) is 0.500. The van der Waals surface area contributed by atoms with Gasteiger partial charge in [0.15, 0.2) is 0 Å². The summed E-state index contributed by atoms with van der Waals surface area (Å²) in [6.07, 6.45) is 6.84. The molecule has 154 valence electrons. The molecule has 9 heteroatoms. The molecule has 29 heavy (non-hydrogen) atoms. The van der Waals surface area contributed by atoms with E-state index in [-0.39, 0.29) is 6.54 Å². The van der Waals surface area contributed by atoms with Gasteiger partial charge < -0.3 is 9.52 Å². The van der Waals surface area contributed by atoms with Crippen LogP contribution >= 0.6 is 11.3 Å². The average molecular weight is 416 g/mol. The molecule has 4 heterocycles. The van der Waals surface area contributed by atoms with E-state index in [1.807, 2.05) is 29.9 Å². The zero-order valence-corrected chi connectivity index (χ0v) is 17.3. The van der Waals surface area contributed by atoms with Crippen molar-refractivity contribution in [2.24, 2.45) is 0 Å². The topological polar surface area (TPSA) is 97.3 Å². The van der Waals surface area contributed by atoms with Crippen LogP contribution in [0.1, 0.15) is 37.6 Å². The SMILES string of the molecule is CCCc1ncc(CN2CCC(O)(Cn3nc(-c4cccs4)oc3=O)CC2)cn1. The van der Waals surface area contributed by atoms with Crippen molar-refractivity contribution in [3.63, 3.8) is 0 Å². The van der Waals surface area contributed by atoms with E-state index >= 15 is 0 Å². The second-order valence-corrected chi connectivity index (χ2v) is 8.51. The Bertz CT molecular complexity index is 972. The Balaban J connectivity index is 1.34. The van der Waals surface area contributed by atoms with Gasteiger partial charge in [-0.1, -0.05) is 13.0 Å². The van der Waals surface area contributed by atoms with Crippen LogP contribution in [-0.4, -0.2) is 48.4 Å². The van der Waals surface area contributed by atoms with Crippen LogP contribution in [0.3, 0.4) is 0 Å². The molecule has 1 aliphatic heterocycles. The first-order valence-corrected chi connectivity index (χ1v) is 10.8. The maximum Gasteiger partial charge on any atom is 0.437 e. The van der Waals surface area contributed by atoms with Crippen molar-refractivity contribution in [2.75, 3.05) is 13.1 Å². The van der Waals surface area contributed by atoms with Crippen LogP contribution in [0.4, 0.5) is 0 Å². The number of aliphatic hydroxyl groups is 1. The largest absolute Gasteiger partial charge is 0.437 e. The van der Waals surface area contributed by atoms with E-state index in [9.17, 15) is 9.90 Å². The fourth-order valence-corrected chi connectivity index (χ4v) is 4.19. The number of hydrogen-bond donors (Lipinski definition) is 1. The second-order valence-electron chi connectivity index (χ2n) is 7.57. The minimum atomic E-state index is -0.967. The molecule has 8 nitrogen and oxygen atoms in total. The molecular formula is C20H25N5O3S. The van der Waals surface area contributed by atoms with Crippen LogP contribution in [0.15, 0.2) is 39.1 Å². The summed E-state index contributed by atoms with van der Waals surface area (Å²) >= 11 is 1.46. The monoisotopic (exact) mass is 415 g/mol. The van der Waals surface area contributed by atoms with Gasteiger partial charge in [-0.05, 0) is 30.7 Å². The van der Waals surface area contributed by atoms with E-state index in [1.165, 1.54) is 16.0 Å². The highest BCUT2D eigenvalue weighted by molar-refractivity contribution is 7.13. The van der Waals surface area contributed by atoms with Gasteiger partial charge in [0.2, 0.25) is 0 Å². The van der Waals surface area contributed by atoms with Crippen LogP contribution in [0, 0.1) is 0 Å². The highest BCUT2D eigenvalue weighted by Crippen LogP contribution is 2.26. The highest BCUT2D eigenvalue weighted by atomic mass is 32.1. The standard InChI is InChI=1S/C20H25N5O3S/c1-2-4-17-21-11-15(12-22-17)13-24-8-6-20(27,7-9-24)14-25-19(26)28-18(23-25)16-5-3-10-29-16/h3,5,10-12,27H,2,4,6-9,13-14H2,1H3. The van der Waals surface area contributed by atoms with Crippen LogP contribution in [0.25, 0.3) is 10.8 Å². The molecule has 1 fully saturated rings. The predicted molar refractivity (Wildman–Crippen MR) is 110 cm³/mol. The number of hydrogen-bond acceptors (Lipinski definition) is 8. The van der Waals surface area contributed by atoms with E-state index in [0.717, 1.165) is 48.7 Å². The molecule has 0 aliphatic carbocycles.